The van der Waals surface area contributed by atoms with Crippen LogP contribution >= 0.6 is 0 Å². The van der Waals surface area contributed by atoms with Crippen LogP contribution in [0.2, 0.25) is 0 Å². The minimum Gasteiger partial charge on any atom is -0.508 e. The fraction of sp³-hybridized carbons (Fsp3) is 0.667. The van der Waals surface area contributed by atoms with Gasteiger partial charge in [-0.1, -0.05) is 12.1 Å². The number of aryl methyl sites for hydroxylation is 1. The molecule has 2 unspecified atom stereocenters. The molecular weight excluding hydrogens is 262 g/mol. The van der Waals surface area contributed by atoms with Gasteiger partial charge >= 0.3 is 0 Å². The Morgan fingerprint density at radius 3 is 2.19 bits per heavy atom. The van der Waals surface area contributed by atoms with Crippen molar-refractivity contribution in [1.82, 2.24) is 5.32 Å². The highest BCUT2D eigenvalue weighted by atomic mass is 16.3. The quantitative estimate of drug-likeness (QED) is 0.651. The Kier molecular flexibility index (Phi) is 7.20. The van der Waals surface area contributed by atoms with Crippen molar-refractivity contribution in [3.8, 4) is 5.75 Å². The minimum absolute atomic E-state index is 0.324. The molecule has 0 amide bonds. The summed E-state index contributed by atoms with van der Waals surface area (Å²) < 4.78 is 0. The lowest BCUT2D eigenvalue weighted by molar-refractivity contribution is 0.0674. The van der Waals surface area contributed by atoms with Crippen LogP contribution in [0.4, 0.5) is 0 Å². The van der Waals surface area contributed by atoms with Crippen molar-refractivity contribution in [2.45, 2.75) is 77.5 Å². The largest absolute Gasteiger partial charge is 0.508 e. The van der Waals surface area contributed by atoms with E-state index < -0.39 is 5.60 Å². The highest BCUT2D eigenvalue weighted by molar-refractivity contribution is 5.25. The van der Waals surface area contributed by atoms with Crippen LogP contribution in [-0.4, -0.2) is 27.9 Å². The molecule has 0 fully saturated rings. The van der Waals surface area contributed by atoms with Gasteiger partial charge in [0, 0.05) is 12.1 Å². The summed E-state index contributed by atoms with van der Waals surface area (Å²) in [7, 11) is 0. The number of benzene rings is 1. The molecule has 0 bridgehead atoms. The lowest BCUT2D eigenvalue weighted by Gasteiger charge is -2.22. The van der Waals surface area contributed by atoms with Crippen LogP contribution in [0.1, 0.15) is 58.9 Å². The molecule has 0 aliphatic rings. The second-order valence-corrected chi connectivity index (χ2v) is 6.88. The van der Waals surface area contributed by atoms with E-state index in [1.54, 1.807) is 12.1 Å². The lowest BCUT2D eigenvalue weighted by atomic mass is 9.99. The zero-order valence-electron chi connectivity index (χ0n) is 13.9. The molecule has 120 valence electrons. The Labute approximate surface area is 129 Å². The van der Waals surface area contributed by atoms with E-state index in [-0.39, 0.29) is 0 Å². The molecule has 0 aliphatic heterocycles. The standard InChI is InChI=1S/C18H31NO2/c1-14(6-5-13-18(3,4)21)19-15(2)7-8-16-9-11-17(20)12-10-16/h9-12,14-15,19-21H,5-8,13H2,1-4H3. The van der Waals surface area contributed by atoms with Gasteiger partial charge in [-0.3, -0.25) is 0 Å². The Morgan fingerprint density at radius 2 is 1.62 bits per heavy atom. The summed E-state index contributed by atoms with van der Waals surface area (Å²) in [6.45, 7) is 8.16. The summed E-state index contributed by atoms with van der Waals surface area (Å²) >= 11 is 0. The van der Waals surface area contributed by atoms with Gasteiger partial charge in [-0.15, -0.1) is 0 Å². The molecule has 0 aromatic heterocycles. The van der Waals surface area contributed by atoms with E-state index >= 15 is 0 Å². The highest BCUT2D eigenvalue weighted by Gasteiger charge is 2.13. The van der Waals surface area contributed by atoms with Gasteiger partial charge in [-0.05, 0) is 77.5 Å². The zero-order chi connectivity index (χ0) is 15.9. The highest BCUT2D eigenvalue weighted by Crippen LogP contribution is 2.14. The maximum atomic E-state index is 9.70. The van der Waals surface area contributed by atoms with Crippen LogP contribution in [0, 0.1) is 0 Å². The van der Waals surface area contributed by atoms with Crippen LogP contribution in [0.5, 0.6) is 5.75 Å². The monoisotopic (exact) mass is 293 g/mol. The molecule has 1 rings (SSSR count). The molecule has 0 saturated carbocycles. The van der Waals surface area contributed by atoms with Crippen molar-refractivity contribution >= 4 is 0 Å². The fourth-order valence-electron chi connectivity index (χ4n) is 2.54. The summed E-state index contributed by atoms with van der Waals surface area (Å²) in [6, 6.07) is 8.39. The molecule has 0 heterocycles. The SMILES string of the molecule is CC(CCCC(C)(C)O)NC(C)CCc1ccc(O)cc1. The van der Waals surface area contributed by atoms with Gasteiger partial charge in [-0.2, -0.15) is 0 Å². The fourth-order valence-corrected chi connectivity index (χ4v) is 2.54. The van der Waals surface area contributed by atoms with Crippen LogP contribution in [0.25, 0.3) is 0 Å². The Bertz CT molecular complexity index is 395. The molecule has 3 N–H and O–H groups in total. The summed E-state index contributed by atoms with van der Waals surface area (Å²) in [6.07, 6.45) is 5.09. The summed E-state index contributed by atoms with van der Waals surface area (Å²) in [5, 5.41) is 22.6. The second-order valence-electron chi connectivity index (χ2n) is 6.88. The number of aliphatic hydroxyl groups is 1. The summed E-state index contributed by atoms with van der Waals surface area (Å²) in [5.41, 5.74) is 0.709. The molecular formula is C18H31NO2. The Balaban J connectivity index is 2.20. The predicted octanol–water partition coefficient (Wildman–Crippen LogP) is 3.63. The van der Waals surface area contributed by atoms with Crippen LogP contribution < -0.4 is 5.32 Å². The van der Waals surface area contributed by atoms with E-state index in [2.05, 4.69) is 19.2 Å². The second kappa shape index (κ2) is 8.40. The lowest BCUT2D eigenvalue weighted by Crippen LogP contribution is -2.35. The number of rotatable bonds is 9. The third kappa shape index (κ3) is 8.74. The molecule has 0 spiro atoms. The van der Waals surface area contributed by atoms with Gasteiger partial charge in [0.25, 0.3) is 0 Å². The molecule has 0 aliphatic carbocycles. The van der Waals surface area contributed by atoms with Crippen LogP contribution in [-0.2, 0) is 6.42 Å². The summed E-state index contributed by atoms with van der Waals surface area (Å²) in [4.78, 5) is 0. The molecule has 2 atom stereocenters. The average Bonchev–Trinajstić information content (AvgIpc) is 2.36. The topological polar surface area (TPSA) is 52.5 Å². The molecule has 0 saturated heterocycles. The number of hydrogen-bond donors (Lipinski definition) is 3. The number of phenols is 1. The van der Waals surface area contributed by atoms with Crippen molar-refractivity contribution in [2.24, 2.45) is 0 Å². The van der Waals surface area contributed by atoms with Crippen molar-refractivity contribution < 1.29 is 10.2 Å². The minimum atomic E-state index is -0.551. The van der Waals surface area contributed by atoms with Gasteiger partial charge in [0.15, 0.2) is 0 Å². The number of nitrogens with one attached hydrogen (secondary N) is 1. The Morgan fingerprint density at radius 1 is 1.05 bits per heavy atom. The number of hydrogen-bond acceptors (Lipinski definition) is 3. The van der Waals surface area contributed by atoms with Crippen molar-refractivity contribution in [1.29, 1.82) is 0 Å². The van der Waals surface area contributed by atoms with E-state index in [1.165, 1.54) is 5.56 Å². The maximum absolute atomic E-state index is 9.70. The first-order chi connectivity index (χ1) is 9.76. The smallest absolute Gasteiger partial charge is 0.115 e. The number of phenolic OH excluding ortho intramolecular Hbond substituents is 1. The first-order valence-corrected chi connectivity index (χ1v) is 8.02. The van der Waals surface area contributed by atoms with Gasteiger partial charge < -0.3 is 15.5 Å². The molecule has 21 heavy (non-hydrogen) atoms. The Hall–Kier alpha value is -1.06. The third-order valence-electron chi connectivity index (χ3n) is 3.80. The third-order valence-corrected chi connectivity index (χ3v) is 3.80. The van der Waals surface area contributed by atoms with Crippen molar-refractivity contribution in [3.63, 3.8) is 0 Å². The van der Waals surface area contributed by atoms with E-state index in [0.29, 0.717) is 17.8 Å². The van der Waals surface area contributed by atoms with E-state index in [1.807, 2.05) is 26.0 Å². The molecule has 3 nitrogen and oxygen atoms in total. The van der Waals surface area contributed by atoms with E-state index in [0.717, 1.165) is 32.1 Å². The molecule has 1 aromatic carbocycles. The van der Waals surface area contributed by atoms with Gasteiger partial charge in [-0.25, -0.2) is 0 Å². The van der Waals surface area contributed by atoms with Gasteiger partial charge in [0.05, 0.1) is 5.60 Å². The number of aromatic hydroxyl groups is 1. The average molecular weight is 293 g/mol. The molecule has 3 heteroatoms. The van der Waals surface area contributed by atoms with Crippen LogP contribution in [0.15, 0.2) is 24.3 Å². The van der Waals surface area contributed by atoms with Gasteiger partial charge in [0.1, 0.15) is 5.75 Å². The van der Waals surface area contributed by atoms with E-state index in [4.69, 9.17) is 0 Å². The van der Waals surface area contributed by atoms with Gasteiger partial charge in [0.2, 0.25) is 0 Å². The first-order valence-electron chi connectivity index (χ1n) is 8.02. The van der Waals surface area contributed by atoms with E-state index in [9.17, 15) is 10.2 Å². The van der Waals surface area contributed by atoms with Crippen molar-refractivity contribution in [2.75, 3.05) is 0 Å². The van der Waals surface area contributed by atoms with Crippen LogP contribution in [0.3, 0.4) is 0 Å². The predicted molar refractivity (Wildman–Crippen MR) is 88.6 cm³/mol. The summed E-state index contributed by atoms with van der Waals surface area (Å²) in [5.74, 6) is 0.324. The molecule has 0 radical (unpaired) electrons. The zero-order valence-corrected chi connectivity index (χ0v) is 13.9. The van der Waals surface area contributed by atoms with Crippen molar-refractivity contribution in [3.05, 3.63) is 29.8 Å². The maximum Gasteiger partial charge on any atom is 0.115 e. The first kappa shape index (κ1) is 18.0. The molecule has 1 aromatic rings. The normalized spacial score (nSPS) is 14.9.